The number of benzene rings is 2. The molecule has 0 atom stereocenters. The van der Waals surface area contributed by atoms with Gasteiger partial charge >= 0.3 is 6.03 Å². The Hall–Kier alpha value is -3.01. The van der Waals surface area contributed by atoms with Crippen LogP contribution in [0.5, 0.6) is 0 Å². The van der Waals surface area contributed by atoms with E-state index in [9.17, 15) is 4.79 Å². The second-order valence-electron chi connectivity index (χ2n) is 7.52. The lowest BCUT2D eigenvalue weighted by atomic mass is 9.92. The van der Waals surface area contributed by atoms with Gasteiger partial charge in [0.05, 0.1) is 5.54 Å². The molecule has 0 saturated carbocycles. The van der Waals surface area contributed by atoms with Gasteiger partial charge in [0.2, 0.25) is 0 Å². The average Bonchev–Trinajstić information content (AvgIpc) is 3.09. The maximum Gasteiger partial charge on any atom is 0.315 e. The molecule has 3 rings (SSSR count). The fourth-order valence-corrected chi connectivity index (χ4v) is 3.15. The number of allylic oxidation sites excluding steroid dienone is 1. The Morgan fingerprint density at radius 2 is 1.96 bits per heavy atom. The van der Waals surface area contributed by atoms with Crippen LogP contribution in [0.4, 0.5) is 4.79 Å². The van der Waals surface area contributed by atoms with Crippen LogP contribution in [0.15, 0.2) is 61.3 Å². The van der Waals surface area contributed by atoms with Crippen LogP contribution in [-0.4, -0.2) is 17.6 Å². The summed E-state index contributed by atoms with van der Waals surface area (Å²) < 4.78 is 0. The van der Waals surface area contributed by atoms with Crippen LogP contribution in [0, 0.1) is 0 Å². The molecule has 0 fully saturated rings. The number of urea groups is 1. The Morgan fingerprint density at radius 3 is 2.74 bits per heavy atom. The van der Waals surface area contributed by atoms with Gasteiger partial charge in [0.1, 0.15) is 0 Å². The van der Waals surface area contributed by atoms with E-state index < -0.39 is 5.54 Å². The van der Waals surface area contributed by atoms with Gasteiger partial charge in [-0.3, -0.25) is 0 Å². The van der Waals surface area contributed by atoms with E-state index >= 15 is 0 Å². The Bertz CT molecular complexity index is 968. The number of hydrogen-bond acceptors (Lipinski definition) is 1. The van der Waals surface area contributed by atoms with E-state index in [2.05, 4.69) is 52.5 Å². The fourth-order valence-electron chi connectivity index (χ4n) is 3.15. The summed E-state index contributed by atoms with van der Waals surface area (Å²) in [6.07, 6.45) is 2.73. The molecule has 0 spiro atoms. The summed E-state index contributed by atoms with van der Waals surface area (Å²) in [5.41, 5.74) is 5.01. The van der Waals surface area contributed by atoms with E-state index in [1.807, 2.05) is 45.2 Å². The fraction of sp³-hybridized carbons (Fsp3) is 0.261. The zero-order valence-corrected chi connectivity index (χ0v) is 16.2. The van der Waals surface area contributed by atoms with Crippen molar-refractivity contribution in [3.8, 4) is 0 Å². The molecule has 0 unspecified atom stereocenters. The molecule has 0 saturated heterocycles. The first kappa shape index (κ1) is 18.8. The average molecular weight is 361 g/mol. The van der Waals surface area contributed by atoms with Crippen molar-refractivity contribution in [1.29, 1.82) is 0 Å². The Labute approximate surface area is 160 Å². The molecular formula is C23H27N3O. The van der Waals surface area contributed by atoms with Gasteiger partial charge in [-0.1, -0.05) is 36.4 Å². The van der Waals surface area contributed by atoms with Crippen LogP contribution in [-0.2, 0) is 12.0 Å². The first-order chi connectivity index (χ1) is 12.8. The molecule has 1 aromatic heterocycles. The molecule has 0 aliphatic heterocycles. The maximum absolute atomic E-state index is 12.4. The monoisotopic (exact) mass is 361 g/mol. The number of H-pyrrole nitrogens is 1. The summed E-state index contributed by atoms with van der Waals surface area (Å²) in [4.78, 5) is 15.6. The number of hydrogen-bond donors (Lipinski definition) is 3. The molecule has 0 radical (unpaired) electrons. The SMILES string of the molecule is C=C(C)c1cccc(C(C)(C)NC(=O)NCCc2ccc3[nH]ccc3c2)c1. The van der Waals surface area contributed by atoms with Crippen molar-refractivity contribution in [2.24, 2.45) is 0 Å². The topological polar surface area (TPSA) is 56.9 Å². The van der Waals surface area contributed by atoms with Gasteiger partial charge in [0, 0.05) is 18.3 Å². The largest absolute Gasteiger partial charge is 0.361 e. The van der Waals surface area contributed by atoms with Crippen LogP contribution in [0.1, 0.15) is 37.5 Å². The number of carbonyl (C=O) groups is 1. The molecule has 3 aromatic rings. The van der Waals surface area contributed by atoms with E-state index in [-0.39, 0.29) is 6.03 Å². The summed E-state index contributed by atoms with van der Waals surface area (Å²) in [7, 11) is 0. The van der Waals surface area contributed by atoms with Crippen molar-refractivity contribution in [2.75, 3.05) is 6.54 Å². The number of aromatic nitrogens is 1. The molecule has 0 aliphatic rings. The molecule has 4 heteroatoms. The Morgan fingerprint density at radius 1 is 1.15 bits per heavy atom. The Balaban J connectivity index is 1.56. The third-order valence-electron chi connectivity index (χ3n) is 4.82. The van der Waals surface area contributed by atoms with E-state index in [0.717, 1.165) is 28.6 Å². The zero-order chi connectivity index (χ0) is 19.4. The van der Waals surface area contributed by atoms with E-state index in [1.165, 1.54) is 10.9 Å². The van der Waals surface area contributed by atoms with Gasteiger partial charge in [-0.2, -0.15) is 0 Å². The standard InChI is InChI=1S/C23H27N3O/c1-16(2)18-6-5-7-20(15-18)23(3,4)26-22(27)25-12-10-17-8-9-21-19(14-17)11-13-24-21/h5-9,11,13-15,24H,1,10,12H2,2-4H3,(H2,25,26,27). The second kappa shape index (κ2) is 7.70. The molecule has 2 aromatic carbocycles. The minimum absolute atomic E-state index is 0.163. The molecular weight excluding hydrogens is 334 g/mol. The second-order valence-corrected chi connectivity index (χ2v) is 7.52. The lowest BCUT2D eigenvalue weighted by molar-refractivity contribution is 0.230. The number of nitrogens with one attached hydrogen (secondary N) is 3. The summed E-state index contributed by atoms with van der Waals surface area (Å²) in [6, 6.07) is 16.3. The third-order valence-corrected chi connectivity index (χ3v) is 4.82. The summed E-state index contributed by atoms with van der Waals surface area (Å²) in [5, 5.41) is 7.22. The predicted molar refractivity (Wildman–Crippen MR) is 113 cm³/mol. The molecule has 140 valence electrons. The van der Waals surface area contributed by atoms with Crippen LogP contribution >= 0.6 is 0 Å². The van der Waals surface area contributed by atoms with E-state index in [1.54, 1.807) is 0 Å². The van der Waals surface area contributed by atoms with E-state index in [4.69, 9.17) is 0 Å². The van der Waals surface area contributed by atoms with Crippen molar-refractivity contribution < 1.29 is 4.79 Å². The molecule has 0 aliphatic carbocycles. The molecule has 3 N–H and O–H groups in total. The van der Waals surface area contributed by atoms with Crippen LogP contribution in [0.3, 0.4) is 0 Å². The predicted octanol–water partition coefficient (Wildman–Crippen LogP) is 4.98. The summed E-state index contributed by atoms with van der Waals surface area (Å²) in [6.45, 7) is 10.6. The summed E-state index contributed by atoms with van der Waals surface area (Å²) >= 11 is 0. The first-order valence-electron chi connectivity index (χ1n) is 9.23. The number of fused-ring (bicyclic) bond motifs is 1. The molecule has 0 bridgehead atoms. The van der Waals surface area contributed by atoms with Gasteiger partial charge in [-0.15, -0.1) is 0 Å². The normalized spacial score (nSPS) is 11.4. The number of amides is 2. The summed E-state index contributed by atoms with van der Waals surface area (Å²) in [5.74, 6) is 0. The minimum Gasteiger partial charge on any atom is -0.361 e. The highest BCUT2D eigenvalue weighted by atomic mass is 16.2. The number of aromatic amines is 1. The Kier molecular flexibility index (Phi) is 5.36. The van der Waals surface area contributed by atoms with Gasteiger partial charge in [0.15, 0.2) is 0 Å². The maximum atomic E-state index is 12.4. The smallest absolute Gasteiger partial charge is 0.315 e. The van der Waals surface area contributed by atoms with Crippen LogP contribution in [0.25, 0.3) is 16.5 Å². The van der Waals surface area contributed by atoms with Crippen LogP contribution in [0.2, 0.25) is 0 Å². The first-order valence-corrected chi connectivity index (χ1v) is 9.23. The van der Waals surface area contributed by atoms with Gasteiger partial charge in [-0.25, -0.2) is 4.79 Å². The van der Waals surface area contributed by atoms with Crippen LogP contribution < -0.4 is 10.6 Å². The van der Waals surface area contributed by atoms with Crippen molar-refractivity contribution in [3.63, 3.8) is 0 Å². The molecule has 27 heavy (non-hydrogen) atoms. The third kappa shape index (κ3) is 4.59. The lowest BCUT2D eigenvalue weighted by Gasteiger charge is -2.27. The molecule has 4 nitrogen and oxygen atoms in total. The van der Waals surface area contributed by atoms with Gasteiger partial charge < -0.3 is 15.6 Å². The van der Waals surface area contributed by atoms with Crippen molar-refractivity contribution in [2.45, 2.75) is 32.7 Å². The quantitative estimate of drug-likeness (QED) is 0.570. The highest BCUT2D eigenvalue weighted by molar-refractivity contribution is 5.80. The minimum atomic E-state index is -0.473. The van der Waals surface area contributed by atoms with Gasteiger partial charge in [-0.05, 0) is 73.5 Å². The van der Waals surface area contributed by atoms with Crippen molar-refractivity contribution >= 4 is 22.5 Å². The van der Waals surface area contributed by atoms with Gasteiger partial charge in [0.25, 0.3) is 0 Å². The molecule has 2 amide bonds. The van der Waals surface area contributed by atoms with Crippen molar-refractivity contribution in [1.82, 2.24) is 15.6 Å². The number of carbonyl (C=O) groups excluding carboxylic acids is 1. The lowest BCUT2D eigenvalue weighted by Crippen LogP contribution is -2.46. The zero-order valence-electron chi connectivity index (χ0n) is 16.2. The molecule has 1 heterocycles. The highest BCUT2D eigenvalue weighted by Crippen LogP contribution is 2.23. The highest BCUT2D eigenvalue weighted by Gasteiger charge is 2.23. The van der Waals surface area contributed by atoms with E-state index in [0.29, 0.717) is 6.54 Å². The van der Waals surface area contributed by atoms with Crippen molar-refractivity contribution in [3.05, 3.63) is 78.0 Å². The number of rotatable bonds is 6.